The predicted molar refractivity (Wildman–Crippen MR) is 132 cm³/mol. The summed E-state index contributed by atoms with van der Waals surface area (Å²) in [6.45, 7) is 0.663. The van der Waals surface area contributed by atoms with Crippen LogP contribution in [0, 0.1) is 0 Å². The molecule has 6 nitrogen and oxygen atoms in total. The standard InChI is InChI=1S/C24H26N4O2S2/c29-22(25-12-11-18-7-3-1-4-8-18)13-28-24(20-15-32-16-21(20)27-28)26-23(30)17-31-14-19-9-5-2-6-10-19/h1-10H,11-17H2,(H,25,29)(H,26,30). The predicted octanol–water partition coefficient (Wildman–Crippen LogP) is 3.86. The molecule has 0 fully saturated rings. The zero-order valence-electron chi connectivity index (χ0n) is 17.8. The number of fused-ring (bicyclic) bond motifs is 1. The van der Waals surface area contributed by atoms with Gasteiger partial charge < -0.3 is 10.6 Å². The molecular formula is C24H26N4O2S2. The molecule has 2 aromatic carbocycles. The van der Waals surface area contributed by atoms with Crippen molar-refractivity contribution in [1.82, 2.24) is 15.1 Å². The van der Waals surface area contributed by atoms with Crippen LogP contribution in [0.1, 0.15) is 22.4 Å². The molecule has 0 saturated carbocycles. The molecule has 0 spiro atoms. The number of anilines is 1. The molecule has 3 aromatic rings. The minimum absolute atomic E-state index is 0.0729. The zero-order valence-corrected chi connectivity index (χ0v) is 19.4. The van der Waals surface area contributed by atoms with Gasteiger partial charge in [0, 0.05) is 29.4 Å². The third kappa shape index (κ3) is 6.17. The fourth-order valence-electron chi connectivity index (χ4n) is 3.51. The number of hydrogen-bond donors (Lipinski definition) is 2. The Labute approximate surface area is 196 Å². The van der Waals surface area contributed by atoms with E-state index in [1.54, 1.807) is 28.2 Å². The van der Waals surface area contributed by atoms with Crippen LogP contribution in [0.5, 0.6) is 0 Å². The Bertz CT molecular complexity index is 1050. The van der Waals surface area contributed by atoms with E-state index in [9.17, 15) is 9.59 Å². The summed E-state index contributed by atoms with van der Waals surface area (Å²) in [6.07, 6.45) is 0.779. The van der Waals surface area contributed by atoms with E-state index in [1.165, 1.54) is 11.1 Å². The van der Waals surface area contributed by atoms with Crippen LogP contribution >= 0.6 is 23.5 Å². The molecule has 2 heterocycles. The summed E-state index contributed by atoms with van der Waals surface area (Å²) >= 11 is 3.34. The van der Waals surface area contributed by atoms with Gasteiger partial charge in [-0.15, -0.1) is 11.8 Å². The molecule has 8 heteroatoms. The number of carbonyl (C=O) groups is 2. The number of carbonyl (C=O) groups excluding carboxylic acids is 2. The van der Waals surface area contributed by atoms with Crippen molar-refractivity contribution in [1.29, 1.82) is 0 Å². The van der Waals surface area contributed by atoms with Crippen molar-refractivity contribution in [3.8, 4) is 0 Å². The molecule has 1 aromatic heterocycles. The molecule has 1 aliphatic rings. The van der Waals surface area contributed by atoms with Gasteiger partial charge in [0.05, 0.1) is 11.4 Å². The summed E-state index contributed by atoms with van der Waals surface area (Å²) < 4.78 is 1.64. The molecule has 0 unspecified atom stereocenters. The van der Waals surface area contributed by atoms with Crippen molar-refractivity contribution in [3.05, 3.63) is 83.0 Å². The lowest BCUT2D eigenvalue weighted by atomic mass is 10.1. The molecule has 0 atom stereocenters. The first-order chi connectivity index (χ1) is 15.7. The van der Waals surface area contributed by atoms with Crippen LogP contribution in [0.15, 0.2) is 60.7 Å². The highest BCUT2D eigenvalue weighted by Gasteiger charge is 2.24. The van der Waals surface area contributed by atoms with E-state index in [2.05, 4.69) is 27.9 Å². The van der Waals surface area contributed by atoms with Crippen LogP contribution in [0.2, 0.25) is 0 Å². The molecule has 2 amide bonds. The number of nitrogens with one attached hydrogen (secondary N) is 2. The highest BCUT2D eigenvalue weighted by molar-refractivity contribution is 7.99. The molecule has 0 radical (unpaired) electrons. The van der Waals surface area contributed by atoms with Gasteiger partial charge in [0.25, 0.3) is 0 Å². The Morgan fingerprint density at radius 3 is 2.44 bits per heavy atom. The van der Waals surface area contributed by atoms with E-state index in [-0.39, 0.29) is 18.4 Å². The van der Waals surface area contributed by atoms with Gasteiger partial charge in [0.15, 0.2) is 0 Å². The van der Waals surface area contributed by atoms with Crippen LogP contribution in [-0.2, 0) is 39.8 Å². The second-order valence-corrected chi connectivity index (χ2v) is 9.51. The monoisotopic (exact) mass is 466 g/mol. The maximum atomic E-state index is 12.6. The molecule has 32 heavy (non-hydrogen) atoms. The van der Waals surface area contributed by atoms with E-state index >= 15 is 0 Å². The second kappa shape index (κ2) is 11.2. The first kappa shape index (κ1) is 22.5. The number of thioether (sulfide) groups is 2. The summed E-state index contributed by atoms with van der Waals surface area (Å²) in [5, 5.41) is 10.6. The lowest BCUT2D eigenvalue weighted by Crippen LogP contribution is -2.30. The van der Waals surface area contributed by atoms with Gasteiger partial charge in [-0.3, -0.25) is 9.59 Å². The van der Waals surface area contributed by atoms with Crippen LogP contribution in [-0.4, -0.2) is 33.9 Å². The van der Waals surface area contributed by atoms with Crippen molar-refractivity contribution < 1.29 is 9.59 Å². The fraction of sp³-hybridized carbons (Fsp3) is 0.292. The Kier molecular flexibility index (Phi) is 7.90. The molecule has 4 rings (SSSR count). The summed E-state index contributed by atoms with van der Waals surface area (Å²) in [6, 6.07) is 20.2. The third-order valence-electron chi connectivity index (χ3n) is 5.09. The minimum atomic E-state index is -0.108. The van der Waals surface area contributed by atoms with Crippen LogP contribution in [0.25, 0.3) is 0 Å². The highest BCUT2D eigenvalue weighted by atomic mass is 32.2. The summed E-state index contributed by atoms with van der Waals surface area (Å²) in [5.74, 6) is 3.23. The first-order valence-electron chi connectivity index (χ1n) is 10.6. The Balaban J connectivity index is 1.31. The molecule has 1 aliphatic heterocycles. The van der Waals surface area contributed by atoms with Gasteiger partial charge in [0.2, 0.25) is 11.8 Å². The SMILES string of the molecule is O=C(Cn1nc2c(c1NC(=O)CSCc1ccccc1)CSC2)NCCc1ccccc1. The molecule has 166 valence electrons. The van der Waals surface area contributed by atoms with Gasteiger partial charge >= 0.3 is 0 Å². The Morgan fingerprint density at radius 2 is 1.69 bits per heavy atom. The normalized spacial score (nSPS) is 12.4. The minimum Gasteiger partial charge on any atom is -0.354 e. The van der Waals surface area contributed by atoms with Gasteiger partial charge in [-0.25, -0.2) is 4.68 Å². The van der Waals surface area contributed by atoms with E-state index < -0.39 is 0 Å². The zero-order chi connectivity index (χ0) is 22.2. The second-order valence-electron chi connectivity index (χ2n) is 7.54. The lowest BCUT2D eigenvalue weighted by Gasteiger charge is -2.11. The average Bonchev–Trinajstić information content (AvgIpc) is 3.38. The van der Waals surface area contributed by atoms with Crippen molar-refractivity contribution in [2.24, 2.45) is 0 Å². The molecule has 0 bridgehead atoms. The molecule has 0 saturated heterocycles. The van der Waals surface area contributed by atoms with Gasteiger partial charge in [0.1, 0.15) is 12.4 Å². The maximum Gasteiger partial charge on any atom is 0.241 e. The topological polar surface area (TPSA) is 76.0 Å². The van der Waals surface area contributed by atoms with E-state index in [0.29, 0.717) is 18.1 Å². The van der Waals surface area contributed by atoms with Gasteiger partial charge in [-0.05, 0) is 17.5 Å². The van der Waals surface area contributed by atoms with E-state index in [4.69, 9.17) is 0 Å². The number of amides is 2. The molecule has 2 N–H and O–H groups in total. The van der Waals surface area contributed by atoms with Crippen molar-refractivity contribution in [3.63, 3.8) is 0 Å². The average molecular weight is 467 g/mol. The highest BCUT2D eigenvalue weighted by Crippen LogP contribution is 2.34. The summed E-state index contributed by atoms with van der Waals surface area (Å²) in [7, 11) is 0. The van der Waals surface area contributed by atoms with E-state index in [1.807, 2.05) is 48.5 Å². The summed E-state index contributed by atoms with van der Waals surface area (Å²) in [4.78, 5) is 25.1. The first-order valence-corrected chi connectivity index (χ1v) is 12.9. The fourth-order valence-corrected chi connectivity index (χ4v) is 5.33. The Morgan fingerprint density at radius 1 is 0.969 bits per heavy atom. The number of hydrogen-bond acceptors (Lipinski definition) is 5. The van der Waals surface area contributed by atoms with Crippen molar-refractivity contribution in [2.45, 2.75) is 30.2 Å². The Hall–Kier alpha value is -2.71. The number of aromatic nitrogens is 2. The quantitative estimate of drug-likeness (QED) is 0.475. The van der Waals surface area contributed by atoms with Gasteiger partial charge in [-0.2, -0.15) is 16.9 Å². The number of rotatable bonds is 10. The largest absolute Gasteiger partial charge is 0.354 e. The number of benzene rings is 2. The van der Waals surface area contributed by atoms with Crippen LogP contribution < -0.4 is 10.6 Å². The molecule has 0 aliphatic carbocycles. The lowest BCUT2D eigenvalue weighted by molar-refractivity contribution is -0.122. The smallest absolute Gasteiger partial charge is 0.241 e. The van der Waals surface area contributed by atoms with Crippen molar-refractivity contribution in [2.75, 3.05) is 17.6 Å². The number of nitrogens with zero attached hydrogens (tertiary/aromatic N) is 2. The summed E-state index contributed by atoms with van der Waals surface area (Å²) in [5.41, 5.74) is 4.37. The van der Waals surface area contributed by atoms with Gasteiger partial charge in [-0.1, -0.05) is 60.7 Å². The maximum absolute atomic E-state index is 12.6. The van der Waals surface area contributed by atoms with Crippen LogP contribution in [0.4, 0.5) is 5.82 Å². The van der Waals surface area contributed by atoms with Crippen LogP contribution in [0.3, 0.4) is 0 Å². The van der Waals surface area contributed by atoms with Crippen molar-refractivity contribution >= 4 is 41.2 Å². The van der Waals surface area contributed by atoms with E-state index in [0.717, 1.165) is 34.9 Å². The third-order valence-corrected chi connectivity index (χ3v) is 7.07. The molecular weight excluding hydrogens is 440 g/mol.